The maximum Gasteiger partial charge on any atom is 0.115 e. The van der Waals surface area contributed by atoms with Crippen molar-refractivity contribution in [2.75, 3.05) is 40.3 Å². The first-order chi connectivity index (χ1) is 8.65. The predicted molar refractivity (Wildman–Crippen MR) is 73.7 cm³/mol. The van der Waals surface area contributed by atoms with Gasteiger partial charge in [-0.05, 0) is 31.8 Å². The van der Waals surface area contributed by atoms with Crippen molar-refractivity contribution >= 4 is 0 Å². The van der Waals surface area contributed by atoms with E-state index >= 15 is 0 Å². The summed E-state index contributed by atoms with van der Waals surface area (Å²) in [6, 6.07) is 7.99. The second-order valence-electron chi connectivity index (χ2n) is 5.20. The Balaban J connectivity index is 1.77. The predicted octanol–water partition coefficient (Wildman–Crippen LogP) is 0.728. The van der Waals surface area contributed by atoms with Gasteiger partial charge in [0.1, 0.15) is 5.75 Å². The smallest absolute Gasteiger partial charge is 0.115 e. The van der Waals surface area contributed by atoms with Gasteiger partial charge >= 0.3 is 0 Å². The summed E-state index contributed by atoms with van der Waals surface area (Å²) in [6.07, 6.45) is 0. The number of hydrogen-bond donors (Lipinski definition) is 2. The van der Waals surface area contributed by atoms with Crippen LogP contribution in [0.25, 0.3) is 0 Å². The van der Waals surface area contributed by atoms with E-state index in [-0.39, 0.29) is 0 Å². The first-order valence-corrected chi connectivity index (χ1v) is 6.52. The molecule has 2 N–H and O–H groups in total. The van der Waals surface area contributed by atoms with Gasteiger partial charge in [-0.2, -0.15) is 0 Å². The van der Waals surface area contributed by atoms with Crippen LogP contribution in [0.15, 0.2) is 24.3 Å². The highest BCUT2D eigenvalue weighted by Crippen LogP contribution is 2.11. The zero-order valence-electron chi connectivity index (χ0n) is 11.3. The third-order valence-corrected chi connectivity index (χ3v) is 3.60. The Morgan fingerprint density at radius 1 is 1.33 bits per heavy atom. The van der Waals surface area contributed by atoms with E-state index in [0.29, 0.717) is 11.8 Å². The molecule has 100 valence electrons. The van der Waals surface area contributed by atoms with Crippen LogP contribution < -0.4 is 5.32 Å². The monoisotopic (exact) mass is 249 g/mol. The number of likely N-dealkylation sites (N-methyl/N-ethyl adjacent to an activating group) is 2. The van der Waals surface area contributed by atoms with Gasteiger partial charge in [0.05, 0.1) is 0 Å². The standard InChI is InChI=1S/C14H23N3O/c1-16-6-7-17(2)13(11-16)10-15-9-12-4-3-5-14(18)8-12/h3-5,8,13,15,18H,6-7,9-11H2,1-2H3. The summed E-state index contributed by atoms with van der Waals surface area (Å²) in [7, 11) is 4.36. The van der Waals surface area contributed by atoms with Crippen LogP contribution in [0.1, 0.15) is 5.56 Å². The minimum Gasteiger partial charge on any atom is -0.508 e. The van der Waals surface area contributed by atoms with Gasteiger partial charge in [0, 0.05) is 38.8 Å². The second kappa shape index (κ2) is 6.18. The molecule has 1 aromatic carbocycles. The van der Waals surface area contributed by atoms with E-state index in [2.05, 4.69) is 29.2 Å². The molecule has 4 heteroatoms. The lowest BCUT2D eigenvalue weighted by molar-refractivity contribution is 0.113. The van der Waals surface area contributed by atoms with E-state index in [9.17, 15) is 5.11 Å². The molecule has 1 atom stereocenters. The van der Waals surface area contributed by atoms with E-state index in [1.807, 2.05) is 18.2 Å². The number of phenols is 1. The molecular formula is C14H23N3O. The first kappa shape index (κ1) is 13.3. The number of hydrogen-bond acceptors (Lipinski definition) is 4. The molecule has 0 aromatic heterocycles. The molecule has 0 amide bonds. The van der Waals surface area contributed by atoms with Crippen molar-refractivity contribution in [1.82, 2.24) is 15.1 Å². The third-order valence-electron chi connectivity index (χ3n) is 3.60. The van der Waals surface area contributed by atoms with Crippen LogP contribution in [0.4, 0.5) is 0 Å². The minimum absolute atomic E-state index is 0.337. The summed E-state index contributed by atoms with van der Waals surface area (Å²) in [5.74, 6) is 0.337. The Hall–Kier alpha value is -1.10. The van der Waals surface area contributed by atoms with Gasteiger partial charge in [-0.3, -0.25) is 4.90 Å². The lowest BCUT2D eigenvalue weighted by Gasteiger charge is -2.37. The van der Waals surface area contributed by atoms with Gasteiger partial charge in [0.2, 0.25) is 0 Å². The number of rotatable bonds is 4. The Morgan fingerprint density at radius 2 is 2.17 bits per heavy atom. The summed E-state index contributed by atoms with van der Waals surface area (Å²) in [4.78, 5) is 4.79. The number of nitrogens with one attached hydrogen (secondary N) is 1. The Kier molecular flexibility index (Phi) is 4.58. The Labute approximate surface area is 109 Å². The largest absolute Gasteiger partial charge is 0.508 e. The molecule has 1 saturated heterocycles. The molecule has 1 aliphatic rings. The highest BCUT2D eigenvalue weighted by molar-refractivity contribution is 5.26. The Morgan fingerprint density at radius 3 is 2.94 bits per heavy atom. The summed E-state index contributed by atoms with van der Waals surface area (Å²) in [5, 5.41) is 12.9. The topological polar surface area (TPSA) is 38.7 Å². The fraction of sp³-hybridized carbons (Fsp3) is 0.571. The third kappa shape index (κ3) is 3.70. The molecule has 0 radical (unpaired) electrons. The van der Waals surface area contributed by atoms with Gasteiger partial charge in [-0.15, -0.1) is 0 Å². The van der Waals surface area contributed by atoms with Crippen LogP contribution in [-0.2, 0) is 6.54 Å². The van der Waals surface area contributed by atoms with Crippen LogP contribution in [0.3, 0.4) is 0 Å². The molecule has 1 aromatic rings. The lowest BCUT2D eigenvalue weighted by Crippen LogP contribution is -2.53. The zero-order valence-corrected chi connectivity index (χ0v) is 11.3. The van der Waals surface area contributed by atoms with Gasteiger partial charge in [0.15, 0.2) is 0 Å². The molecule has 1 unspecified atom stereocenters. The zero-order chi connectivity index (χ0) is 13.0. The number of nitrogens with zero attached hydrogens (tertiary/aromatic N) is 2. The minimum atomic E-state index is 0.337. The second-order valence-corrected chi connectivity index (χ2v) is 5.20. The van der Waals surface area contributed by atoms with Crippen LogP contribution in [-0.4, -0.2) is 61.2 Å². The van der Waals surface area contributed by atoms with Crippen LogP contribution in [0.2, 0.25) is 0 Å². The van der Waals surface area contributed by atoms with Gasteiger partial charge in [-0.25, -0.2) is 0 Å². The van der Waals surface area contributed by atoms with Crippen molar-refractivity contribution in [3.63, 3.8) is 0 Å². The van der Waals surface area contributed by atoms with Crippen LogP contribution in [0, 0.1) is 0 Å². The summed E-state index contributed by atoms with van der Waals surface area (Å²) >= 11 is 0. The molecule has 0 aliphatic carbocycles. The van der Waals surface area contributed by atoms with E-state index in [1.165, 1.54) is 0 Å². The van der Waals surface area contributed by atoms with Crippen molar-refractivity contribution in [3.05, 3.63) is 29.8 Å². The van der Waals surface area contributed by atoms with E-state index < -0.39 is 0 Å². The van der Waals surface area contributed by atoms with E-state index in [4.69, 9.17) is 0 Å². The molecule has 4 nitrogen and oxygen atoms in total. The fourth-order valence-corrected chi connectivity index (χ4v) is 2.37. The lowest BCUT2D eigenvalue weighted by atomic mass is 10.1. The highest BCUT2D eigenvalue weighted by atomic mass is 16.3. The molecule has 1 fully saturated rings. The molecule has 1 heterocycles. The van der Waals surface area contributed by atoms with Crippen molar-refractivity contribution in [2.45, 2.75) is 12.6 Å². The molecule has 0 spiro atoms. The highest BCUT2D eigenvalue weighted by Gasteiger charge is 2.21. The average molecular weight is 249 g/mol. The van der Waals surface area contributed by atoms with Crippen molar-refractivity contribution in [1.29, 1.82) is 0 Å². The van der Waals surface area contributed by atoms with E-state index in [1.54, 1.807) is 6.07 Å². The van der Waals surface area contributed by atoms with E-state index in [0.717, 1.165) is 38.3 Å². The maximum absolute atomic E-state index is 9.40. The number of phenolic OH excluding ortho intramolecular Hbond substituents is 1. The number of aromatic hydroxyl groups is 1. The molecule has 18 heavy (non-hydrogen) atoms. The van der Waals surface area contributed by atoms with Crippen LogP contribution in [0.5, 0.6) is 5.75 Å². The maximum atomic E-state index is 9.40. The average Bonchev–Trinajstić information content (AvgIpc) is 2.34. The molecule has 2 rings (SSSR count). The molecular weight excluding hydrogens is 226 g/mol. The van der Waals surface area contributed by atoms with Gasteiger partial charge in [-0.1, -0.05) is 12.1 Å². The van der Waals surface area contributed by atoms with Crippen molar-refractivity contribution in [3.8, 4) is 5.75 Å². The fourth-order valence-electron chi connectivity index (χ4n) is 2.37. The molecule has 0 bridgehead atoms. The molecule has 1 aliphatic heterocycles. The first-order valence-electron chi connectivity index (χ1n) is 6.52. The van der Waals surface area contributed by atoms with Gasteiger partial charge in [0.25, 0.3) is 0 Å². The SMILES string of the molecule is CN1CCN(C)C(CNCc2cccc(O)c2)C1. The van der Waals surface area contributed by atoms with Gasteiger partial charge < -0.3 is 15.3 Å². The number of benzene rings is 1. The summed E-state index contributed by atoms with van der Waals surface area (Å²) in [5.41, 5.74) is 1.13. The summed E-state index contributed by atoms with van der Waals surface area (Å²) in [6.45, 7) is 5.19. The quantitative estimate of drug-likeness (QED) is 0.825. The van der Waals surface area contributed by atoms with Crippen molar-refractivity contribution in [2.24, 2.45) is 0 Å². The molecule has 0 saturated carbocycles. The van der Waals surface area contributed by atoms with Crippen molar-refractivity contribution < 1.29 is 5.11 Å². The number of piperazine rings is 1. The Bertz CT molecular complexity index is 383. The normalized spacial score (nSPS) is 22.2. The summed E-state index contributed by atoms with van der Waals surface area (Å²) < 4.78 is 0. The van der Waals surface area contributed by atoms with Crippen LogP contribution >= 0.6 is 0 Å².